The predicted molar refractivity (Wildman–Crippen MR) is 80.3 cm³/mol. The van der Waals surface area contributed by atoms with Gasteiger partial charge in [-0.15, -0.1) is 0 Å². The van der Waals surface area contributed by atoms with E-state index in [1.807, 2.05) is 0 Å². The van der Waals surface area contributed by atoms with Gasteiger partial charge in [0.25, 0.3) is 5.56 Å². The van der Waals surface area contributed by atoms with Crippen LogP contribution in [0.15, 0.2) is 46.5 Å². The third kappa shape index (κ3) is 3.17. The zero-order chi connectivity index (χ0) is 15.4. The Morgan fingerprint density at radius 2 is 2.24 bits per heavy atom. The van der Waals surface area contributed by atoms with Crippen LogP contribution in [0.1, 0.15) is 11.1 Å². The standard InChI is InChI=1S/C14H14ClN3O3/c1-21-12-5-4-10(15)7-9(12)8-18-6-2-3-11(14(18)19)13(16)17-20/h2-7,20H,8H2,1H3,(H2,16,17). The average Bonchev–Trinajstić information content (AvgIpc) is 2.49. The average molecular weight is 308 g/mol. The maximum absolute atomic E-state index is 12.3. The lowest BCUT2D eigenvalue weighted by atomic mass is 10.2. The summed E-state index contributed by atoms with van der Waals surface area (Å²) in [4.78, 5) is 12.3. The fraction of sp³-hybridized carbons (Fsp3) is 0.143. The number of hydrogen-bond donors (Lipinski definition) is 2. The van der Waals surface area contributed by atoms with Gasteiger partial charge in [0.15, 0.2) is 5.84 Å². The summed E-state index contributed by atoms with van der Waals surface area (Å²) in [5.74, 6) is 0.396. The number of benzene rings is 1. The molecular weight excluding hydrogens is 294 g/mol. The second kappa shape index (κ2) is 6.32. The van der Waals surface area contributed by atoms with Crippen molar-refractivity contribution in [2.45, 2.75) is 6.54 Å². The van der Waals surface area contributed by atoms with E-state index in [4.69, 9.17) is 27.3 Å². The molecule has 0 aliphatic rings. The topological polar surface area (TPSA) is 89.8 Å². The molecule has 1 heterocycles. The summed E-state index contributed by atoms with van der Waals surface area (Å²) in [5.41, 5.74) is 5.99. The van der Waals surface area contributed by atoms with E-state index in [0.717, 1.165) is 5.56 Å². The van der Waals surface area contributed by atoms with Crippen molar-refractivity contribution in [1.29, 1.82) is 0 Å². The lowest BCUT2D eigenvalue weighted by Crippen LogP contribution is -2.30. The maximum Gasteiger partial charge on any atom is 0.261 e. The summed E-state index contributed by atoms with van der Waals surface area (Å²) in [6.45, 7) is 0.259. The Hall–Kier alpha value is -2.47. The van der Waals surface area contributed by atoms with E-state index in [1.54, 1.807) is 37.6 Å². The van der Waals surface area contributed by atoms with Crippen molar-refractivity contribution in [3.05, 3.63) is 63.0 Å². The highest BCUT2D eigenvalue weighted by Crippen LogP contribution is 2.23. The predicted octanol–water partition coefficient (Wildman–Crippen LogP) is 1.65. The Morgan fingerprint density at radius 1 is 1.48 bits per heavy atom. The largest absolute Gasteiger partial charge is 0.496 e. The van der Waals surface area contributed by atoms with Gasteiger partial charge in [-0.2, -0.15) is 0 Å². The summed E-state index contributed by atoms with van der Waals surface area (Å²) in [6, 6.07) is 8.30. The molecule has 0 aliphatic heterocycles. The van der Waals surface area contributed by atoms with Gasteiger partial charge in [-0.3, -0.25) is 4.79 Å². The van der Waals surface area contributed by atoms with Crippen molar-refractivity contribution in [3.63, 3.8) is 0 Å². The van der Waals surface area contributed by atoms with Gasteiger partial charge in [0, 0.05) is 16.8 Å². The van der Waals surface area contributed by atoms with Gasteiger partial charge in [0.1, 0.15) is 5.75 Å². The van der Waals surface area contributed by atoms with Crippen LogP contribution >= 0.6 is 11.6 Å². The number of rotatable bonds is 4. The van der Waals surface area contributed by atoms with Gasteiger partial charge in [-0.25, -0.2) is 0 Å². The second-order valence-corrected chi connectivity index (χ2v) is 4.73. The zero-order valence-corrected chi connectivity index (χ0v) is 12.0. The van der Waals surface area contributed by atoms with E-state index in [-0.39, 0.29) is 23.5 Å². The van der Waals surface area contributed by atoms with Crippen LogP contribution in [-0.4, -0.2) is 22.7 Å². The Labute approximate surface area is 126 Å². The molecule has 0 atom stereocenters. The molecule has 110 valence electrons. The van der Waals surface area contributed by atoms with Gasteiger partial charge in [0.2, 0.25) is 0 Å². The zero-order valence-electron chi connectivity index (χ0n) is 11.3. The molecule has 6 nitrogen and oxygen atoms in total. The summed E-state index contributed by atoms with van der Waals surface area (Å²) < 4.78 is 6.68. The van der Waals surface area contributed by atoms with Gasteiger partial charge >= 0.3 is 0 Å². The molecule has 2 rings (SSSR count). The van der Waals surface area contributed by atoms with Crippen LogP contribution in [0.25, 0.3) is 0 Å². The third-order valence-corrected chi connectivity index (χ3v) is 3.22. The first-order valence-corrected chi connectivity index (χ1v) is 6.44. The summed E-state index contributed by atoms with van der Waals surface area (Å²) in [6.07, 6.45) is 1.61. The van der Waals surface area contributed by atoms with Crippen molar-refractivity contribution in [3.8, 4) is 5.75 Å². The molecule has 0 aliphatic carbocycles. The number of methoxy groups -OCH3 is 1. The monoisotopic (exact) mass is 307 g/mol. The Kier molecular flexibility index (Phi) is 4.49. The number of halogens is 1. The molecule has 21 heavy (non-hydrogen) atoms. The number of nitrogens with zero attached hydrogens (tertiary/aromatic N) is 2. The first kappa shape index (κ1) is 14.9. The van der Waals surface area contributed by atoms with E-state index in [0.29, 0.717) is 10.8 Å². The van der Waals surface area contributed by atoms with Crippen molar-refractivity contribution in [2.24, 2.45) is 10.9 Å². The highest BCUT2D eigenvalue weighted by Gasteiger charge is 2.10. The number of aromatic nitrogens is 1. The van der Waals surface area contributed by atoms with E-state index >= 15 is 0 Å². The van der Waals surface area contributed by atoms with E-state index < -0.39 is 0 Å². The molecule has 0 amide bonds. The van der Waals surface area contributed by atoms with Crippen LogP contribution in [0.4, 0.5) is 0 Å². The highest BCUT2D eigenvalue weighted by molar-refractivity contribution is 6.30. The van der Waals surface area contributed by atoms with E-state index in [1.165, 1.54) is 10.6 Å². The fourth-order valence-electron chi connectivity index (χ4n) is 1.96. The van der Waals surface area contributed by atoms with Crippen molar-refractivity contribution in [2.75, 3.05) is 7.11 Å². The van der Waals surface area contributed by atoms with Crippen LogP contribution in [0.2, 0.25) is 5.02 Å². The highest BCUT2D eigenvalue weighted by atomic mass is 35.5. The molecule has 0 spiro atoms. The molecule has 0 saturated carbocycles. The molecule has 2 aromatic rings. The van der Waals surface area contributed by atoms with Gasteiger partial charge in [-0.05, 0) is 30.3 Å². The Morgan fingerprint density at radius 3 is 2.90 bits per heavy atom. The Bertz CT molecular complexity index is 740. The molecule has 1 aromatic carbocycles. The maximum atomic E-state index is 12.3. The smallest absolute Gasteiger partial charge is 0.261 e. The molecule has 3 N–H and O–H groups in total. The second-order valence-electron chi connectivity index (χ2n) is 4.30. The number of amidine groups is 1. The summed E-state index contributed by atoms with van der Waals surface area (Å²) >= 11 is 5.97. The molecule has 0 radical (unpaired) electrons. The van der Waals surface area contributed by atoms with Crippen molar-refractivity contribution in [1.82, 2.24) is 4.57 Å². The molecule has 0 bridgehead atoms. The number of pyridine rings is 1. The fourth-order valence-corrected chi connectivity index (χ4v) is 2.16. The normalized spacial score (nSPS) is 11.4. The first-order chi connectivity index (χ1) is 10.1. The molecule has 1 aromatic heterocycles. The quantitative estimate of drug-likeness (QED) is 0.389. The molecule has 0 saturated heterocycles. The van der Waals surface area contributed by atoms with Gasteiger partial charge < -0.3 is 20.2 Å². The lowest BCUT2D eigenvalue weighted by Gasteiger charge is -2.11. The summed E-state index contributed by atoms with van der Waals surface area (Å²) in [7, 11) is 1.54. The van der Waals surface area contributed by atoms with E-state index in [2.05, 4.69) is 5.16 Å². The van der Waals surface area contributed by atoms with E-state index in [9.17, 15) is 4.79 Å². The molecule has 7 heteroatoms. The van der Waals surface area contributed by atoms with Crippen molar-refractivity contribution >= 4 is 17.4 Å². The minimum atomic E-state index is -0.366. The van der Waals surface area contributed by atoms with Gasteiger partial charge in [0.05, 0.1) is 19.2 Å². The first-order valence-electron chi connectivity index (χ1n) is 6.06. The molecule has 0 unspecified atom stereocenters. The number of oxime groups is 1. The van der Waals surface area contributed by atoms with Crippen LogP contribution in [0.3, 0.4) is 0 Å². The van der Waals surface area contributed by atoms with Crippen LogP contribution in [-0.2, 0) is 6.54 Å². The van der Waals surface area contributed by atoms with Gasteiger partial charge in [-0.1, -0.05) is 16.8 Å². The third-order valence-electron chi connectivity index (χ3n) is 2.99. The molecular formula is C14H14ClN3O3. The lowest BCUT2D eigenvalue weighted by molar-refractivity contribution is 0.318. The SMILES string of the molecule is COc1ccc(Cl)cc1Cn1cccc(/C(N)=N/O)c1=O. The van der Waals surface area contributed by atoms with Crippen LogP contribution < -0.4 is 16.0 Å². The molecule has 0 fully saturated rings. The summed E-state index contributed by atoms with van der Waals surface area (Å²) in [5, 5.41) is 12.1. The van der Waals surface area contributed by atoms with Crippen molar-refractivity contribution < 1.29 is 9.94 Å². The minimum Gasteiger partial charge on any atom is -0.496 e. The minimum absolute atomic E-state index is 0.126. The Balaban J connectivity index is 2.46. The number of ether oxygens (including phenoxy) is 1. The van der Waals surface area contributed by atoms with Crippen LogP contribution in [0, 0.1) is 0 Å². The number of nitrogens with two attached hydrogens (primary N) is 1. The number of hydrogen-bond acceptors (Lipinski definition) is 4. The van der Waals surface area contributed by atoms with Crippen LogP contribution in [0.5, 0.6) is 5.75 Å².